The first-order chi connectivity index (χ1) is 10.2. The van der Waals surface area contributed by atoms with Gasteiger partial charge in [0.05, 0.1) is 12.1 Å². The number of aromatic nitrogens is 3. The summed E-state index contributed by atoms with van der Waals surface area (Å²) in [5.74, 6) is 0.210. The minimum absolute atomic E-state index is 0.104. The Balaban J connectivity index is 1.70. The Morgan fingerprint density at radius 3 is 3.10 bits per heavy atom. The first-order valence-corrected chi connectivity index (χ1v) is 6.99. The Morgan fingerprint density at radius 2 is 2.33 bits per heavy atom. The molecule has 3 heterocycles. The monoisotopic (exact) mass is 302 g/mol. The molecule has 0 atom stereocenters. The third-order valence-corrected chi connectivity index (χ3v) is 3.39. The summed E-state index contributed by atoms with van der Waals surface area (Å²) in [7, 11) is 0. The standard InChI is InChI=1S/C13H10N4O3S/c18-12(8-3-5-21-7-8)15-6-10-16-11(17-20-10)9-2-1-4-14-13(9)19/h1-5,7H,6H2,(H,14,19)(H,15,18). The molecule has 0 aromatic carbocycles. The number of nitrogens with one attached hydrogen (secondary N) is 2. The smallest absolute Gasteiger partial charge is 0.259 e. The third-order valence-electron chi connectivity index (χ3n) is 2.71. The second-order valence-electron chi connectivity index (χ2n) is 4.12. The first kappa shape index (κ1) is 13.3. The van der Waals surface area contributed by atoms with E-state index < -0.39 is 0 Å². The van der Waals surface area contributed by atoms with Crippen molar-refractivity contribution in [1.29, 1.82) is 0 Å². The van der Waals surface area contributed by atoms with Gasteiger partial charge in [-0.05, 0) is 23.6 Å². The molecule has 3 rings (SSSR count). The van der Waals surface area contributed by atoms with Gasteiger partial charge in [0.25, 0.3) is 11.5 Å². The van der Waals surface area contributed by atoms with Crippen LogP contribution >= 0.6 is 11.3 Å². The van der Waals surface area contributed by atoms with E-state index in [0.29, 0.717) is 11.1 Å². The molecule has 0 radical (unpaired) electrons. The number of amides is 1. The fourth-order valence-corrected chi connectivity index (χ4v) is 2.32. The van der Waals surface area contributed by atoms with Gasteiger partial charge in [-0.3, -0.25) is 9.59 Å². The molecule has 106 valence electrons. The molecule has 0 aliphatic rings. The number of aromatic amines is 1. The van der Waals surface area contributed by atoms with Crippen molar-refractivity contribution in [3.8, 4) is 11.4 Å². The summed E-state index contributed by atoms with van der Waals surface area (Å²) in [6.45, 7) is 0.104. The lowest BCUT2D eigenvalue weighted by molar-refractivity contribution is 0.0946. The van der Waals surface area contributed by atoms with Crippen LogP contribution in [0.3, 0.4) is 0 Å². The van der Waals surface area contributed by atoms with Crippen molar-refractivity contribution in [2.24, 2.45) is 0 Å². The van der Waals surface area contributed by atoms with Crippen molar-refractivity contribution in [1.82, 2.24) is 20.4 Å². The summed E-state index contributed by atoms with van der Waals surface area (Å²) < 4.78 is 5.02. The van der Waals surface area contributed by atoms with Gasteiger partial charge in [0.2, 0.25) is 11.7 Å². The van der Waals surface area contributed by atoms with Crippen LogP contribution in [0.4, 0.5) is 0 Å². The molecule has 1 amide bonds. The van der Waals surface area contributed by atoms with Gasteiger partial charge in [0.1, 0.15) is 0 Å². The number of pyridine rings is 1. The molecule has 0 saturated carbocycles. The molecule has 0 unspecified atom stereocenters. The van der Waals surface area contributed by atoms with Gasteiger partial charge in [-0.15, -0.1) is 0 Å². The number of carbonyl (C=O) groups excluding carboxylic acids is 1. The zero-order valence-electron chi connectivity index (χ0n) is 10.7. The van der Waals surface area contributed by atoms with Crippen LogP contribution in [0.2, 0.25) is 0 Å². The van der Waals surface area contributed by atoms with Gasteiger partial charge in [-0.25, -0.2) is 0 Å². The SMILES string of the molecule is O=C(NCc1nc(-c2ccc[nH]c2=O)no1)c1ccsc1. The molecule has 0 saturated heterocycles. The Morgan fingerprint density at radius 1 is 1.43 bits per heavy atom. The summed E-state index contributed by atoms with van der Waals surface area (Å²) in [6, 6.07) is 4.99. The lowest BCUT2D eigenvalue weighted by atomic mass is 10.3. The van der Waals surface area contributed by atoms with Crippen molar-refractivity contribution in [2.75, 3.05) is 0 Å². The van der Waals surface area contributed by atoms with Gasteiger partial charge in [-0.2, -0.15) is 16.3 Å². The van der Waals surface area contributed by atoms with Gasteiger partial charge in [0, 0.05) is 17.1 Å². The number of carbonyl (C=O) groups is 1. The Hall–Kier alpha value is -2.74. The maximum absolute atomic E-state index is 11.8. The van der Waals surface area contributed by atoms with Crippen molar-refractivity contribution in [3.63, 3.8) is 0 Å². The fraction of sp³-hybridized carbons (Fsp3) is 0.0769. The predicted molar refractivity (Wildman–Crippen MR) is 75.8 cm³/mol. The highest BCUT2D eigenvalue weighted by molar-refractivity contribution is 7.08. The summed E-state index contributed by atoms with van der Waals surface area (Å²) in [6.07, 6.45) is 1.52. The molecule has 0 fully saturated rings. The largest absolute Gasteiger partial charge is 0.343 e. The molecular formula is C13H10N4O3S. The van der Waals surface area contributed by atoms with Crippen molar-refractivity contribution in [3.05, 3.63) is 57.0 Å². The van der Waals surface area contributed by atoms with E-state index in [1.54, 1.807) is 23.6 Å². The minimum Gasteiger partial charge on any atom is -0.343 e. The van der Waals surface area contributed by atoms with Crippen LogP contribution in [0.1, 0.15) is 16.2 Å². The molecule has 0 bridgehead atoms. The summed E-state index contributed by atoms with van der Waals surface area (Å²) >= 11 is 1.44. The lowest BCUT2D eigenvalue weighted by Crippen LogP contribution is -2.22. The molecule has 3 aromatic rings. The molecule has 0 aliphatic carbocycles. The van der Waals surface area contributed by atoms with Crippen LogP contribution in [-0.4, -0.2) is 21.0 Å². The van der Waals surface area contributed by atoms with Crippen LogP contribution in [0.25, 0.3) is 11.4 Å². The minimum atomic E-state index is -0.299. The van der Waals surface area contributed by atoms with E-state index in [9.17, 15) is 9.59 Å². The summed E-state index contributed by atoms with van der Waals surface area (Å²) in [5, 5.41) is 9.97. The van der Waals surface area contributed by atoms with Crippen LogP contribution in [-0.2, 0) is 6.54 Å². The highest BCUT2D eigenvalue weighted by Gasteiger charge is 2.12. The normalized spacial score (nSPS) is 10.5. The van der Waals surface area contributed by atoms with Crippen LogP contribution < -0.4 is 10.9 Å². The van der Waals surface area contributed by atoms with E-state index in [0.717, 1.165) is 0 Å². The zero-order chi connectivity index (χ0) is 14.7. The van der Waals surface area contributed by atoms with Crippen molar-refractivity contribution >= 4 is 17.2 Å². The number of rotatable bonds is 4. The Bertz CT molecular complexity index is 807. The Labute approximate surface area is 122 Å². The lowest BCUT2D eigenvalue weighted by Gasteiger charge is -1.98. The van der Waals surface area contributed by atoms with Gasteiger partial charge < -0.3 is 14.8 Å². The molecular weight excluding hydrogens is 292 g/mol. The number of thiophene rings is 1. The average molecular weight is 302 g/mol. The highest BCUT2D eigenvalue weighted by atomic mass is 32.1. The average Bonchev–Trinajstić information content (AvgIpc) is 3.17. The number of hydrogen-bond donors (Lipinski definition) is 2. The molecule has 21 heavy (non-hydrogen) atoms. The van der Waals surface area contributed by atoms with E-state index in [4.69, 9.17) is 4.52 Å². The second kappa shape index (κ2) is 5.71. The van der Waals surface area contributed by atoms with Crippen LogP contribution in [0.15, 0.2) is 44.5 Å². The van der Waals surface area contributed by atoms with Crippen molar-refractivity contribution < 1.29 is 9.32 Å². The fourth-order valence-electron chi connectivity index (χ4n) is 1.69. The maximum Gasteiger partial charge on any atom is 0.259 e. The molecule has 7 nitrogen and oxygen atoms in total. The first-order valence-electron chi connectivity index (χ1n) is 6.05. The molecule has 3 aromatic heterocycles. The molecule has 8 heteroatoms. The number of nitrogens with zero attached hydrogens (tertiary/aromatic N) is 2. The van der Waals surface area contributed by atoms with E-state index in [1.165, 1.54) is 17.5 Å². The zero-order valence-corrected chi connectivity index (χ0v) is 11.5. The van der Waals surface area contributed by atoms with Crippen LogP contribution in [0.5, 0.6) is 0 Å². The maximum atomic E-state index is 11.8. The van der Waals surface area contributed by atoms with Gasteiger partial charge in [-0.1, -0.05) is 5.16 Å². The van der Waals surface area contributed by atoms with Crippen LogP contribution in [0, 0.1) is 0 Å². The predicted octanol–water partition coefficient (Wildman–Crippen LogP) is 1.42. The molecule has 0 aliphatic heterocycles. The molecule has 0 spiro atoms. The van der Waals surface area contributed by atoms with Crippen molar-refractivity contribution in [2.45, 2.75) is 6.54 Å². The van der Waals surface area contributed by atoms with E-state index >= 15 is 0 Å². The number of hydrogen-bond acceptors (Lipinski definition) is 6. The highest BCUT2D eigenvalue weighted by Crippen LogP contribution is 2.10. The molecule has 2 N–H and O–H groups in total. The quantitative estimate of drug-likeness (QED) is 0.759. The summed E-state index contributed by atoms with van der Waals surface area (Å²) in [5.41, 5.74) is 0.600. The van der Waals surface area contributed by atoms with E-state index in [2.05, 4.69) is 20.4 Å². The van der Waals surface area contributed by atoms with Gasteiger partial charge >= 0.3 is 0 Å². The van der Waals surface area contributed by atoms with E-state index in [1.807, 2.05) is 5.38 Å². The third kappa shape index (κ3) is 2.90. The topological polar surface area (TPSA) is 101 Å². The number of H-pyrrole nitrogens is 1. The Kier molecular flexibility index (Phi) is 3.61. The van der Waals surface area contributed by atoms with Gasteiger partial charge in [0.15, 0.2) is 0 Å². The second-order valence-corrected chi connectivity index (χ2v) is 4.90. The van der Waals surface area contributed by atoms with E-state index in [-0.39, 0.29) is 29.7 Å². The summed E-state index contributed by atoms with van der Waals surface area (Å²) in [4.78, 5) is 30.0.